The molecule has 2 aromatic rings. The first-order chi connectivity index (χ1) is 10.3. The Balaban J connectivity index is 1.96. The lowest BCUT2D eigenvalue weighted by Crippen LogP contribution is -2.45. The topological polar surface area (TPSA) is 29.4 Å². The first kappa shape index (κ1) is 14.2. The molecule has 1 aromatic carbocycles. The lowest BCUT2D eigenvalue weighted by Gasteiger charge is -2.35. The molecule has 0 radical (unpaired) electrons. The minimum Gasteiger partial charge on any atom is -0.497 e. The summed E-state index contributed by atoms with van der Waals surface area (Å²) in [7, 11) is 3.83. The van der Waals surface area contributed by atoms with Gasteiger partial charge in [-0.25, -0.2) is 0 Å². The maximum atomic E-state index is 5.28. The molecule has 3 rings (SSSR count). The van der Waals surface area contributed by atoms with E-state index in [1.807, 2.05) is 12.1 Å². The van der Waals surface area contributed by atoms with Crippen molar-refractivity contribution in [3.05, 3.63) is 53.9 Å². The quantitative estimate of drug-likeness (QED) is 0.932. The van der Waals surface area contributed by atoms with Gasteiger partial charge in [-0.15, -0.1) is 0 Å². The fourth-order valence-corrected chi connectivity index (χ4v) is 3.05. The van der Waals surface area contributed by atoms with E-state index in [-0.39, 0.29) is 0 Å². The molecule has 112 valence electrons. The van der Waals surface area contributed by atoms with E-state index in [9.17, 15) is 0 Å². The summed E-state index contributed by atoms with van der Waals surface area (Å²) in [6.07, 6.45) is 2.12. The molecular weight excluding hydrogens is 262 g/mol. The molecule has 1 aliphatic heterocycles. The van der Waals surface area contributed by atoms with Crippen LogP contribution in [0.1, 0.15) is 17.3 Å². The van der Waals surface area contributed by atoms with E-state index in [0.29, 0.717) is 6.04 Å². The van der Waals surface area contributed by atoms with E-state index in [4.69, 9.17) is 4.74 Å². The fourth-order valence-electron chi connectivity index (χ4n) is 3.05. The standard InChI is InChI=1S/C17H23N3O/c1-19-11-3-4-16(19)17(20-12-9-18-10-13-20)14-5-7-15(21-2)8-6-14/h3-8,11,17-18H,9-10,12-13H2,1-2H3. The van der Waals surface area contributed by atoms with E-state index in [2.05, 4.69) is 52.3 Å². The Kier molecular flexibility index (Phi) is 4.27. The average Bonchev–Trinajstić information content (AvgIpc) is 2.95. The molecule has 2 heterocycles. The van der Waals surface area contributed by atoms with Gasteiger partial charge in [0.15, 0.2) is 0 Å². The largest absolute Gasteiger partial charge is 0.497 e. The SMILES string of the molecule is COc1ccc(C(c2cccn2C)N2CCNCC2)cc1. The lowest BCUT2D eigenvalue weighted by atomic mass is 10.0. The number of rotatable bonds is 4. The average molecular weight is 285 g/mol. The van der Waals surface area contributed by atoms with Crippen molar-refractivity contribution in [2.24, 2.45) is 7.05 Å². The zero-order chi connectivity index (χ0) is 14.7. The molecule has 4 nitrogen and oxygen atoms in total. The van der Waals surface area contributed by atoms with Crippen molar-refractivity contribution < 1.29 is 4.74 Å². The number of hydrogen-bond acceptors (Lipinski definition) is 3. The second kappa shape index (κ2) is 6.33. The molecule has 1 aliphatic rings. The highest BCUT2D eigenvalue weighted by Gasteiger charge is 2.25. The van der Waals surface area contributed by atoms with Gasteiger partial charge < -0.3 is 14.6 Å². The van der Waals surface area contributed by atoms with Crippen LogP contribution < -0.4 is 10.1 Å². The van der Waals surface area contributed by atoms with Gasteiger partial charge in [-0.05, 0) is 29.8 Å². The minimum absolute atomic E-state index is 0.304. The number of nitrogens with one attached hydrogen (secondary N) is 1. The zero-order valence-corrected chi connectivity index (χ0v) is 12.7. The molecule has 0 aliphatic carbocycles. The third-order valence-corrected chi connectivity index (χ3v) is 4.21. The number of methoxy groups -OCH3 is 1. The molecule has 4 heteroatoms. The molecule has 0 bridgehead atoms. The van der Waals surface area contributed by atoms with E-state index in [0.717, 1.165) is 31.9 Å². The molecule has 0 saturated carbocycles. The van der Waals surface area contributed by atoms with Crippen LogP contribution in [0.5, 0.6) is 5.75 Å². The Morgan fingerprint density at radius 3 is 2.38 bits per heavy atom. The zero-order valence-electron chi connectivity index (χ0n) is 12.7. The van der Waals surface area contributed by atoms with E-state index >= 15 is 0 Å². The highest BCUT2D eigenvalue weighted by molar-refractivity contribution is 5.34. The molecule has 1 aromatic heterocycles. The van der Waals surface area contributed by atoms with Gasteiger partial charge in [-0.1, -0.05) is 12.1 Å². The number of nitrogens with zero attached hydrogens (tertiary/aromatic N) is 2. The Bertz CT molecular complexity index is 570. The maximum absolute atomic E-state index is 5.28. The van der Waals surface area contributed by atoms with Gasteiger partial charge in [0.2, 0.25) is 0 Å². The highest BCUT2D eigenvalue weighted by Crippen LogP contribution is 2.30. The van der Waals surface area contributed by atoms with Gasteiger partial charge >= 0.3 is 0 Å². The van der Waals surface area contributed by atoms with Crippen LogP contribution in [-0.4, -0.2) is 42.8 Å². The summed E-state index contributed by atoms with van der Waals surface area (Å²) in [5, 5.41) is 3.43. The van der Waals surface area contributed by atoms with Gasteiger partial charge in [-0.3, -0.25) is 4.90 Å². The highest BCUT2D eigenvalue weighted by atomic mass is 16.5. The van der Waals surface area contributed by atoms with Crippen LogP contribution in [0.25, 0.3) is 0 Å². The fraction of sp³-hybridized carbons (Fsp3) is 0.412. The Morgan fingerprint density at radius 1 is 1.10 bits per heavy atom. The third-order valence-electron chi connectivity index (χ3n) is 4.21. The Morgan fingerprint density at radius 2 is 1.81 bits per heavy atom. The van der Waals surface area contributed by atoms with Crippen LogP contribution in [-0.2, 0) is 7.05 Å². The van der Waals surface area contributed by atoms with Gasteiger partial charge in [0, 0.05) is 45.1 Å². The molecule has 1 unspecified atom stereocenters. The summed E-state index contributed by atoms with van der Waals surface area (Å²) < 4.78 is 7.50. The number of aromatic nitrogens is 1. The third kappa shape index (κ3) is 2.96. The summed E-state index contributed by atoms with van der Waals surface area (Å²) in [4.78, 5) is 2.55. The summed E-state index contributed by atoms with van der Waals surface area (Å²) in [5.41, 5.74) is 2.65. The van der Waals surface area contributed by atoms with Crippen molar-refractivity contribution in [3.63, 3.8) is 0 Å². The number of aryl methyl sites for hydroxylation is 1. The molecule has 1 saturated heterocycles. The normalized spacial score (nSPS) is 17.6. The monoisotopic (exact) mass is 285 g/mol. The maximum Gasteiger partial charge on any atom is 0.118 e. The van der Waals surface area contributed by atoms with E-state index < -0.39 is 0 Å². The van der Waals surface area contributed by atoms with Crippen molar-refractivity contribution in [1.29, 1.82) is 0 Å². The summed E-state index contributed by atoms with van der Waals surface area (Å²) in [6, 6.07) is 13.1. The lowest BCUT2D eigenvalue weighted by molar-refractivity contribution is 0.193. The predicted octanol–water partition coefficient (Wildman–Crippen LogP) is 2.03. The van der Waals surface area contributed by atoms with Gasteiger partial charge in [0.05, 0.1) is 13.2 Å². The molecule has 0 amide bonds. The van der Waals surface area contributed by atoms with Crippen molar-refractivity contribution in [2.75, 3.05) is 33.3 Å². The Hall–Kier alpha value is -1.78. The van der Waals surface area contributed by atoms with Crippen molar-refractivity contribution in [1.82, 2.24) is 14.8 Å². The summed E-state index contributed by atoms with van der Waals surface area (Å²) >= 11 is 0. The number of ether oxygens (including phenoxy) is 1. The molecule has 21 heavy (non-hydrogen) atoms. The first-order valence-corrected chi connectivity index (χ1v) is 7.49. The van der Waals surface area contributed by atoms with Gasteiger partial charge in [0.25, 0.3) is 0 Å². The van der Waals surface area contributed by atoms with Crippen LogP contribution in [0.2, 0.25) is 0 Å². The molecule has 1 N–H and O–H groups in total. The van der Waals surface area contributed by atoms with Crippen LogP contribution in [0.4, 0.5) is 0 Å². The van der Waals surface area contributed by atoms with Gasteiger partial charge in [-0.2, -0.15) is 0 Å². The summed E-state index contributed by atoms with van der Waals surface area (Å²) in [6.45, 7) is 4.25. The number of benzene rings is 1. The van der Waals surface area contributed by atoms with Gasteiger partial charge in [0.1, 0.15) is 5.75 Å². The number of piperazine rings is 1. The summed E-state index contributed by atoms with van der Waals surface area (Å²) in [5.74, 6) is 0.907. The van der Waals surface area contributed by atoms with Crippen LogP contribution >= 0.6 is 0 Å². The molecule has 0 spiro atoms. The number of hydrogen-bond donors (Lipinski definition) is 1. The van der Waals surface area contributed by atoms with E-state index in [1.165, 1.54) is 11.3 Å². The van der Waals surface area contributed by atoms with Crippen molar-refractivity contribution >= 4 is 0 Å². The molecule has 1 fully saturated rings. The Labute approximate surface area is 126 Å². The van der Waals surface area contributed by atoms with Crippen LogP contribution in [0.3, 0.4) is 0 Å². The smallest absolute Gasteiger partial charge is 0.118 e. The first-order valence-electron chi connectivity index (χ1n) is 7.49. The molecule has 1 atom stereocenters. The second-order valence-corrected chi connectivity index (χ2v) is 5.51. The molecular formula is C17H23N3O. The van der Waals surface area contributed by atoms with Crippen molar-refractivity contribution in [2.45, 2.75) is 6.04 Å². The van der Waals surface area contributed by atoms with Crippen molar-refractivity contribution in [3.8, 4) is 5.75 Å². The van der Waals surface area contributed by atoms with Crippen LogP contribution in [0, 0.1) is 0 Å². The predicted molar refractivity (Wildman–Crippen MR) is 84.7 cm³/mol. The van der Waals surface area contributed by atoms with E-state index in [1.54, 1.807) is 7.11 Å². The minimum atomic E-state index is 0.304. The van der Waals surface area contributed by atoms with Crippen LogP contribution in [0.15, 0.2) is 42.6 Å². The second-order valence-electron chi connectivity index (χ2n) is 5.51.